The molecule has 0 radical (unpaired) electrons. The average molecular weight is 265 g/mol. The Bertz CT molecular complexity index is 621. The van der Waals surface area contributed by atoms with Gasteiger partial charge in [-0.05, 0) is 33.3 Å². The Morgan fingerprint density at radius 1 is 1.33 bits per heavy atom. The fourth-order valence-corrected chi connectivity index (χ4v) is 2.80. The number of nitrogens with zero attached hydrogens (tertiary/aromatic N) is 2. The van der Waals surface area contributed by atoms with E-state index in [2.05, 4.69) is 15.3 Å². The van der Waals surface area contributed by atoms with Crippen LogP contribution in [0.3, 0.4) is 0 Å². The van der Waals surface area contributed by atoms with Crippen LogP contribution in [0.25, 0.3) is 10.2 Å². The van der Waals surface area contributed by atoms with Crippen molar-refractivity contribution in [2.75, 3.05) is 5.32 Å². The molecule has 0 aliphatic carbocycles. The lowest BCUT2D eigenvalue weighted by atomic mass is 10.2. The zero-order chi connectivity index (χ0) is 13.4. The molecule has 18 heavy (non-hydrogen) atoms. The van der Waals surface area contributed by atoms with Gasteiger partial charge in [-0.3, -0.25) is 4.79 Å². The molecule has 2 aromatic heterocycles. The molecule has 2 heterocycles. The van der Waals surface area contributed by atoms with Crippen LogP contribution < -0.4 is 5.32 Å². The first kappa shape index (κ1) is 12.8. The highest BCUT2D eigenvalue weighted by atomic mass is 32.1. The van der Waals surface area contributed by atoms with Crippen LogP contribution in [0.1, 0.15) is 23.2 Å². The quantitative estimate of drug-likeness (QED) is 0.891. The van der Waals surface area contributed by atoms with Gasteiger partial charge >= 0.3 is 5.97 Å². The summed E-state index contributed by atoms with van der Waals surface area (Å²) in [7, 11) is 0. The van der Waals surface area contributed by atoms with Crippen molar-refractivity contribution in [1.82, 2.24) is 9.97 Å². The van der Waals surface area contributed by atoms with Crippen molar-refractivity contribution in [1.29, 1.82) is 0 Å². The number of aliphatic carboxylic acids is 1. The molecule has 0 bridgehead atoms. The summed E-state index contributed by atoms with van der Waals surface area (Å²) >= 11 is 1.60. The molecule has 2 N–H and O–H groups in total. The van der Waals surface area contributed by atoms with Crippen LogP contribution in [0, 0.1) is 20.8 Å². The third-order valence-electron chi connectivity index (χ3n) is 2.86. The first-order valence-electron chi connectivity index (χ1n) is 5.64. The number of hydrogen-bond acceptors (Lipinski definition) is 5. The lowest BCUT2D eigenvalue weighted by Gasteiger charge is -2.11. The fourth-order valence-electron chi connectivity index (χ4n) is 1.73. The molecule has 0 saturated heterocycles. The van der Waals surface area contributed by atoms with E-state index in [-0.39, 0.29) is 0 Å². The maximum Gasteiger partial charge on any atom is 0.325 e. The van der Waals surface area contributed by atoms with E-state index in [1.54, 1.807) is 25.2 Å². The molecular formula is C12H15N3O2S. The predicted molar refractivity (Wildman–Crippen MR) is 72.3 cm³/mol. The highest BCUT2D eigenvalue weighted by Crippen LogP contribution is 2.33. The van der Waals surface area contributed by atoms with E-state index in [4.69, 9.17) is 5.11 Å². The minimum Gasteiger partial charge on any atom is -0.480 e. The Labute approximate surface area is 109 Å². The first-order chi connectivity index (χ1) is 8.40. The average Bonchev–Trinajstić information content (AvgIpc) is 2.54. The third kappa shape index (κ3) is 2.15. The smallest absolute Gasteiger partial charge is 0.325 e. The Morgan fingerprint density at radius 3 is 2.61 bits per heavy atom. The highest BCUT2D eigenvalue weighted by molar-refractivity contribution is 7.18. The molecule has 0 aromatic carbocycles. The summed E-state index contributed by atoms with van der Waals surface area (Å²) < 4.78 is 0. The molecule has 1 atom stereocenters. The minimum atomic E-state index is -0.899. The summed E-state index contributed by atoms with van der Waals surface area (Å²) in [5.74, 6) is 0.349. The van der Waals surface area contributed by atoms with E-state index in [9.17, 15) is 4.79 Å². The second-order valence-electron chi connectivity index (χ2n) is 4.29. The number of rotatable bonds is 3. The van der Waals surface area contributed by atoms with Crippen LogP contribution in [-0.4, -0.2) is 27.1 Å². The number of aromatic nitrogens is 2. The summed E-state index contributed by atoms with van der Waals surface area (Å²) in [6, 6.07) is -0.679. The lowest BCUT2D eigenvalue weighted by Crippen LogP contribution is -2.26. The van der Waals surface area contributed by atoms with Gasteiger partial charge in [-0.2, -0.15) is 0 Å². The van der Waals surface area contributed by atoms with E-state index in [0.717, 1.165) is 15.8 Å². The number of nitrogens with one attached hydrogen (secondary N) is 1. The molecule has 0 spiro atoms. The van der Waals surface area contributed by atoms with Crippen molar-refractivity contribution < 1.29 is 9.90 Å². The van der Waals surface area contributed by atoms with E-state index in [1.165, 1.54) is 4.88 Å². The summed E-state index contributed by atoms with van der Waals surface area (Å²) in [6.45, 7) is 7.44. The summed E-state index contributed by atoms with van der Waals surface area (Å²) in [5.41, 5.74) is 1.11. The standard InChI is InChI=1S/C12H15N3O2S/c1-5-7(3)18-11-9(5)10(14-8(4)15-11)13-6(2)12(16)17/h6H,1-4H3,(H,16,17)(H,13,14,15)/t6-/m0/s1. The van der Waals surface area contributed by atoms with Crippen LogP contribution in [0.2, 0.25) is 0 Å². The second-order valence-corrected chi connectivity index (χ2v) is 5.49. The molecule has 0 aliphatic rings. The van der Waals surface area contributed by atoms with Crippen molar-refractivity contribution in [3.05, 3.63) is 16.3 Å². The van der Waals surface area contributed by atoms with Gasteiger partial charge in [0.2, 0.25) is 0 Å². The highest BCUT2D eigenvalue weighted by Gasteiger charge is 2.17. The number of anilines is 1. The number of aryl methyl sites for hydroxylation is 3. The number of carboxylic acids is 1. The molecular weight excluding hydrogens is 250 g/mol. The molecule has 0 fully saturated rings. The minimum absolute atomic E-state index is 0.606. The van der Waals surface area contributed by atoms with E-state index in [0.29, 0.717) is 11.6 Å². The molecule has 0 aliphatic heterocycles. The molecule has 0 unspecified atom stereocenters. The van der Waals surface area contributed by atoms with Crippen LogP contribution >= 0.6 is 11.3 Å². The normalized spacial score (nSPS) is 12.7. The van der Waals surface area contributed by atoms with Crippen molar-refractivity contribution in [3.63, 3.8) is 0 Å². The molecule has 2 rings (SSSR count). The Balaban J connectivity index is 2.58. The topological polar surface area (TPSA) is 75.1 Å². The largest absolute Gasteiger partial charge is 0.480 e. The predicted octanol–water partition coefficient (Wildman–Crippen LogP) is 2.50. The number of thiophene rings is 1. The van der Waals surface area contributed by atoms with Gasteiger partial charge in [-0.25, -0.2) is 9.97 Å². The van der Waals surface area contributed by atoms with Crippen molar-refractivity contribution in [2.24, 2.45) is 0 Å². The van der Waals surface area contributed by atoms with Gasteiger partial charge in [-0.15, -0.1) is 11.3 Å². The van der Waals surface area contributed by atoms with Crippen LogP contribution in [0.5, 0.6) is 0 Å². The van der Waals surface area contributed by atoms with E-state index >= 15 is 0 Å². The molecule has 5 nitrogen and oxygen atoms in total. The van der Waals surface area contributed by atoms with Crippen LogP contribution in [-0.2, 0) is 4.79 Å². The zero-order valence-electron chi connectivity index (χ0n) is 10.7. The van der Waals surface area contributed by atoms with Crippen LogP contribution in [0.15, 0.2) is 0 Å². The summed E-state index contributed by atoms with van der Waals surface area (Å²) in [6.07, 6.45) is 0. The third-order valence-corrected chi connectivity index (χ3v) is 3.97. The molecule has 0 saturated carbocycles. The van der Waals surface area contributed by atoms with Crippen molar-refractivity contribution in [3.8, 4) is 0 Å². The Hall–Kier alpha value is -1.69. The number of carboxylic acid groups (broad SMARTS) is 1. The summed E-state index contributed by atoms with van der Waals surface area (Å²) in [5, 5.41) is 12.8. The van der Waals surface area contributed by atoms with Gasteiger partial charge in [0, 0.05) is 4.88 Å². The van der Waals surface area contributed by atoms with Gasteiger partial charge in [0.05, 0.1) is 5.39 Å². The van der Waals surface area contributed by atoms with Gasteiger partial charge in [0.15, 0.2) is 0 Å². The van der Waals surface area contributed by atoms with Gasteiger partial charge < -0.3 is 10.4 Å². The Kier molecular flexibility index (Phi) is 3.21. The zero-order valence-corrected chi connectivity index (χ0v) is 11.6. The monoisotopic (exact) mass is 265 g/mol. The fraction of sp³-hybridized carbons (Fsp3) is 0.417. The maximum atomic E-state index is 10.9. The van der Waals surface area contributed by atoms with Crippen LogP contribution in [0.4, 0.5) is 5.82 Å². The van der Waals surface area contributed by atoms with Crippen molar-refractivity contribution in [2.45, 2.75) is 33.7 Å². The SMILES string of the molecule is Cc1nc(N[C@@H](C)C(=O)O)c2c(C)c(C)sc2n1. The van der Waals surface area contributed by atoms with Gasteiger partial charge in [0.25, 0.3) is 0 Å². The second kappa shape index (κ2) is 4.53. The molecule has 6 heteroatoms. The van der Waals surface area contributed by atoms with Gasteiger partial charge in [-0.1, -0.05) is 0 Å². The molecule has 96 valence electrons. The number of fused-ring (bicyclic) bond motifs is 1. The maximum absolute atomic E-state index is 10.9. The Morgan fingerprint density at radius 2 is 2.00 bits per heavy atom. The first-order valence-corrected chi connectivity index (χ1v) is 6.45. The van der Waals surface area contributed by atoms with Crippen molar-refractivity contribution >= 4 is 33.3 Å². The van der Waals surface area contributed by atoms with E-state index in [1.807, 2.05) is 13.8 Å². The molecule has 2 aromatic rings. The molecule has 0 amide bonds. The van der Waals surface area contributed by atoms with Gasteiger partial charge in [0.1, 0.15) is 22.5 Å². The summed E-state index contributed by atoms with van der Waals surface area (Å²) in [4.78, 5) is 21.7. The number of hydrogen-bond donors (Lipinski definition) is 2. The lowest BCUT2D eigenvalue weighted by molar-refractivity contribution is -0.137. The van der Waals surface area contributed by atoms with E-state index < -0.39 is 12.0 Å². The number of carbonyl (C=O) groups is 1.